The molecule has 9 heteroatoms. The first kappa shape index (κ1) is 23.8. The zero-order valence-corrected chi connectivity index (χ0v) is 20.3. The van der Waals surface area contributed by atoms with Gasteiger partial charge in [-0.15, -0.1) is 0 Å². The third-order valence-corrected chi connectivity index (χ3v) is 6.33. The number of fused-ring (bicyclic) bond motifs is 1. The minimum Gasteiger partial charge on any atom is -0.454 e. The Hall–Kier alpha value is -3.36. The van der Waals surface area contributed by atoms with Gasteiger partial charge in [0.05, 0.1) is 21.7 Å². The lowest BCUT2D eigenvalue weighted by molar-refractivity contribution is -0.384. The van der Waals surface area contributed by atoms with Crippen molar-refractivity contribution in [2.75, 3.05) is 6.61 Å². The maximum atomic E-state index is 13.0. The number of rotatable bonds is 6. The third kappa shape index (κ3) is 5.08. The molecule has 0 radical (unpaired) electrons. The van der Waals surface area contributed by atoms with Crippen molar-refractivity contribution in [2.45, 2.75) is 18.2 Å². The molecule has 2 aromatic carbocycles. The fourth-order valence-corrected chi connectivity index (χ4v) is 4.08. The van der Waals surface area contributed by atoms with Crippen LogP contribution in [0.25, 0.3) is 16.5 Å². The van der Waals surface area contributed by atoms with Gasteiger partial charge in [0.25, 0.3) is 5.69 Å². The Kier molecular flexibility index (Phi) is 6.90. The number of nitro benzene ring substituents is 1. The van der Waals surface area contributed by atoms with Crippen molar-refractivity contribution in [1.29, 1.82) is 0 Å². The number of allylic oxidation sites excluding steroid dienone is 4. The molecule has 1 unspecified atom stereocenters. The van der Waals surface area contributed by atoms with Gasteiger partial charge in [-0.2, -0.15) is 0 Å². The Morgan fingerprint density at radius 2 is 2.03 bits per heavy atom. The number of nitro groups is 1. The highest BCUT2D eigenvalue weighted by Gasteiger charge is 2.20. The van der Waals surface area contributed by atoms with E-state index in [0.717, 1.165) is 23.6 Å². The number of esters is 1. The van der Waals surface area contributed by atoms with Crippen molar-refractivity contribution in [2.24, 2.45) is 0 Å². The van der Waals surface area contributed by atoms with Crippen LogP contribution in [0.15, 0.2) is 60.7 Å². The van der Waals surface area contributed by atoms with E-state index in [1.807, 2.05) is 43.4 Å². The van der Waals surface area contributed by atoms with Crippen LogP contribution in [0, 0.1) is 17.0 Å². The smallest absolute Gasteiger partial charge is 0.339 e. The third-order valence-electron chi connectivity index (χ3n) is 5.33. The SMILES string of the molecule is Cc1ccc2nc(C3=CCC(Br)C=C3)cc(C(=O)OCC(=O)c3ccc(Cl)c([N+](=O)[O-])c3)c2c1. The average molecular weight is 542 g/mol. The Bertz CT molecular complexity index is 1400. The molecule has 0 N–H and O–H groups in total. The number of alkyl halides is 1. The number of benzene rings is 2. The summed E-state index contributed by atoms with van der Waals surface area (Å²) in [6.45, 7) is 1.33. The molecule has 1 aromatic heterocycles. The molecule has 0 amide bonds. The van der Waals surface area contributed by atoms with Crippen molar-refractivity contribution in [3.8, 4) is 0 Å². The summed E-state index contributed by atoms with van der Waals surface area (Å²) >= 11 is 9.34. The van der Waals surface area contributed by atoms with Crippen molar-refractivity contribution < 1.29 is 19.2 Å². The number of hydrogen-bond donors (Lipinski definition) is 0. The number of ketones is 1. The molecule has 1 aliphatic carbocycles. The molecule has 0 spiro atoms. The zero-order chi connectivity index (χ0) is 24.4. The summed E-state index contributed by atoms with van der Waals surface area (Å²) in [4.78, 5) is 41.0. The number of carbonyl (C=O) groups is 2. The van der Waals surface area contributed by atoms with Gasteiger partial charge in [-0.25, -0.2) is 9.78 Å². The number of nitrogens with zero attached hydrogens (tertiary/aromatic N) is 2. The number of pyridine rings is 1. The molecule has 4 rings (SSSR count). The van der Waals surface area contributed by atoms with Gasteiger partial charge >= 0.3 is 5.97 Å². The highest BCUT2D eigenvalue weighted by molar-refractivity contribution is 9.09. The molecule has 0 aliphatic heterocycles. The van der Waals surface area contributed by atoms with Crippen LogP contribution < -0.4 is 0 Å². The standard InChI is InChI=1S/C25H18BrClN2O5/c1-14-2-9-21-18(10-14)19(12-22(28-21)15-3-6-17(26)7-4-15)25(31)34-13-24(30)16-5-8-20(27)23(11-16)29(32)33/h2-6,8-12,17H,7,13H2,1H3. The number of aromatic nitrogens is 1. The van der Waals surface area contributed by atoms with E-state index in [9.17, 15) is 19.7 Å². The number of halogens is 2. The van der Waals surface area contributed by atoms with E-state index in [1.165, 1.54) is 12.1 Å². The molecule has 0 saturated carbocycles. The van der Waals surface area contributed by atoms with Crippen molar-refractivity contribution in [3.63, 3.8) is 0 Å². The average Bonchev–Trinajstić information content (AvgIpc) is 2.82. The number of hydrogen-bond acceptors (Lipinski definition) is 6. The first-order valence-electron chi connectivity index (χ1n) is 10.3. The van der Waals surface area contributed by atoms with Crippen LogP contribution >= 0.6 is 27.5 Å². The molecule has 1 heterocycles. The van der Waals surface area contributed by atoms with E-state index >= 15 is 0 Å². The zero-order valence-electron chi connectivity index (χ0n) is 18.0. The minimum atomic E-state index is -0.685. The summed E-state index contributed by atoms with van der Waals surface area (Å²) in [6, 6.07) is 10.9. The number of Topliss-reactive ketones (excluding diaryl/α,β-unsaturated/α-hetero) is 1. The Morgan fingerprint density at radius 1 is 1.24 bits per heavy atom. The van der Waals surface area contributed by atoms with Gasteiger partial charge < -0.3 is 4.74 Å². The van der Waals surface area contributed by atoms with Crippen LogP contribution in [-0.4, -0.2) is 33.1 Å². The van der Waals surface area contributed by atoms with Gasteiger partial charge in [-0.05, 0) is 49.2 Å². The molecule has 0 bridgehead atoms. The summed E-state index contributed by atoms with van der Waals surface area (Å²) in [6.07, 6.45) is 6.78. The van der Waals surface area contributed by atoms with E-state index in [2.05, 4.69) is 15.9 Å². The first-order chi connectivity index (χ1) is 16.2. The largest absolute Gasteiger partial charge is 0.454 e. The van der Waals surface area contributed by atoms with Crippen LogP contribution in [0.3, 0.4) is 0 Å². The molecule has 172 valence electrons. The predicted molar refractivity (Wildman–Crippen MR) is 134 cm³/mol. The minimum absolute atomic E-state index is 0.0295. The van der Waals surface area contributed by atoms with E-state index in [-0.39, 0.29) is 21.0 Å². The summed E-state index contributed by atoms with van der Waals surface area (Å²) in [7, 11) is 0. The molecule has 0 saturated heterocycles. The maximum Gasteiger partial charge on any atom is 0.339 e. The lowest BCUT2D eigenvalue weighted by Crippen LogP contribution is -2.15. The molecule has 1 aliphatic rings. The topological polar surface area (TPSA) is 99.4 Å². The summed E-state index contributed by atoms with van der Waals surface area (Å²) in [5.41, 5.74) is 3.01. The van der Waals surface area contributed by atoms with E-state index in [4.69, 9.17) is 21.3 Å². The van der Waals surface area contributed by atoms with E-state index in [0.29, 0.717) is 16.6 Å². The monoisotopic (exact) mass is 540 g/mol. The van der Waals surface area contributed by atoms with Gasteiger partial charge in [0, 0.05) is 21.8 Å². The second-order valence-corrected chi connectivity index (χ2v) is 9.35. The molecule has 0 fully saturated rings. The quantitative estimate of drug-likeness (QED) is 0.120. The van der Waals surface area contributed by atoms with Crippen LogP contribution in [-0.2, 0) is 4.74 Å². The van der Waals surface area contributed by atoms with Gasteiger partial charge in [0.2, 0.25) is 5.78 Å². The Labute approximate surface area is 208 Å². The summed E-state index contributed by atoms with van der Waals surface area (Å²) in [5, 5.41) is 11.6. The molecule has 3 aromatic rings. The molecular formula is C25H18BrClN2O5. The normalized spacial score (nSPS) is 15.1. The second kappa shape index (κ2) is 9.87. The van der Waals surface area contributed by atoms with E-state index in [1.54, 1.807) is 6.07 Å². The Balaban J connectivity index is 1.62. The van der Waals surface area contributed by atoms with Gasteiger partial charge in [0.1, 0.15) is 5.02 Å². The lowest BCUT2D eigenvalue weighted by Gasteiger charge is -2.14. The van der Waals surface area contributed by atoms with Crippen molar-refractivity contribution in [1.82, 2.24) is 4.98 Å². The van der Waals surface area contributed by atoms with Gasteiger partial charge in [0.15, 0.2) is 6.61 Å². The van der Waals surface area contributed by atoms with Crippen LogP contribution in [0.4, 0.5) is 5.69 Å². The fourth-order valence-electron chi connectivity index (χ4n) is 3.56. The maximum absolute atomic E-state index is 13.0. The fraction of sp³-hybridized carbons (Fsp3) is 0.160. The first-order valence-corrected chi connectivity index (χ1v) is 11.6. The summed E-state index contributed by atoms with van der Waals surface area (Å²) in [5.74, 6) is -1.26. The van der Waals surface area contributed by atoms with Crippen LogP contribution in [0.5, 0.6) is 0 Å². The van der Waals surface area contributed by atoms with Crippen molar-refractivity contribution >= 4 is 61.4 Å². The number of ether oxygens (including phenoxy) is 1. The molecule has 7 nitrogen and oxygen atoms in total. The lowest BCUT2D eigenvalue weighted by atomic mass is 9.99. The molecule has 1 atom stereocenters. The van der Waals surface area contributed by atoms with Gasteiger partial charge in [-0.3, -0.25) is 14.9 Å². The predicted octanol–water partition coefficient (Wildman–Crippen LogP) is 6.25. The molecule has 34 heavy (non-hydrogen) atoms. The van der Waals surface area contributed by atoms with Crippen LogP contribution in [0.1, 0.15) is 38.4 Å². The van der Waals surface area contributed by atoms with E-state index < -0.39 is 29.0 Å². The Morgan fingerprint density at radius 3 is 2.74 bits per heavy atom. The van der Waals surface area contributed by atoms with Gasteiger partial charge in [-0.1, -0.05) is 57.4 Å². The number of carbonyl (C=O) groups excluding carboxylic acids is 2. The summed E-state index contributed by atoms with van der Waals surface area (Å²) < 4.78 is 5.32. The number of aryl methyl sites for hydroxylation is 1. The van der Waals surface area contributed by atoms with Crippen molar-refractivity contribution in [3.05, 3.63) is 98.2 Å². The molecular weight excluding hydrogens is 524 g/mol. The van der Waals surface area contributed by atoms with Crippen LogP contribution in [0.2, 0.25) is 5.02 Å². The highest BCUT2D eigenvalue weighted by atomic mass is 79.9. The second-order valence-electron chi connectivity index (χ2n) is 7.77. The highest BCUT2D eigenvalue weighted by Crippen LogP contribution is 2.29.